The molecule has 148 valence electrons. The van der Waals surface area contributed by atoms with Crippen LogP contribution in [0.25, 0.3) is 0 Å². The maximum atomic E-state index is 13.0. The van der Waals surface area contributed by atoms with E-state index >= 15 is 0 Å². The van der Waals surface area contributed by atoms with Crippen molar-refractivity contribution in [2.75, 3.05) is 0 Å². The van der Waals surface area contributed by atoms with Gasteiger partial charge in [-0.05, 0) is 87.7 Å². The van der Waals surface area contributed by atoms with Crippen LogP contribution in [0.4, 0.5) is 0 Å². The summed E-state index contributed by atoms with van der Waals surface area (Å²) in [5.74, 6) is 1.49. The topological polar surface area (TPSA) is 66.5 Å². The standard InChI is InChI=1S/C23H28N2O3/c1-13(25-21(27)18-5-3-4-6-19(18)22(25)28)20(26)24-14(2)23-10-15-7-16(11-23)9-17(8-15)12-23/h3-6,13-17H,7-12H2,1-2H3,(H,24,26)/t13-,14-,15?,16?,17?,23?/m0/s1. The van der Waals surface area contributed by atoms with Crippen LogP contribution in [-0.2, 0) is 4.79 Å². The maximum absolute atomic E-state index is 13.0. The molecule has 4 fully saturated rings. The molecule has 1 N–H and O–H groups in total. The summed E-state index contributed by atoms with van der Waals surface area (Å²) in [6.45, 7) is 3.78. The molecule has 0 unspecified atom stereocenters. The predicted octanol–water partition coefficient (Wildman–Crippen LogP) is 3.39. The van der Waals surface area contributed by atoms with Crippen molar-refractivity contribution < 1.29 is 14.4 Å². The normalized spacial score (nSPS) is 35.1. The molecule has 0 saturated heterocycles. The summed E-state index contributed by atoms with van der Waals surface area (Å²) < 4.78 is 0. The van der Waals surface area contributed by atoms with Crippen LogP contribution in [-0.4, -0.2) is 34.7 Å². The largest absolute Gasteiger partial charge is 0.351 e. The summed E-state index contributed by atoms with van der Waals surface area (Å²) in [6.07, 6.45) is 7.73. The van der Waals surface area contributed by atoms with E-state index in [9.17, 15) is 14.4 Å². The minimum absolute atomic E-state index is 0.0750. The predicted molar refractivity (Wildman–Crippen MR) is 105 cm³/mol. The Morgan fingerprint density at radius 1 is 0.964 bits per heavy atom. The van der Waals surface area contributed by atoms with Gasteiger partial charge in [-0.1, -0.05) is 12.1 Å². The van der Waals surface area contributed by atoms with Gasteiger partial charge in [0.05, 0.1) is 11.1 Å². The molecule has 28 heavy (non-hydrogen) atoms. The second-order valence-electron chi connectivity index (χ2n) is 9.71. The third kappa shape index (κ3) is 2.55. The molecule has 3 amide bonds. The number of nitrogens with zero attached hydrogens (tertiary/aromatic N) is 1. The Hall–Kier alpha value is -2.17. The second-order valence-corrected chi connectivity index (χ2v) is 9.71. The first-order valence-electron chi connectivity index (χ1n) is 10.7. The zero-order chi connectivity index (χ0) is 19.6. The van der Waals surface area contributed by atoms with Crippen molar-refractivity contribution in [2.24, 2.45) is 23.2 Å². The van der Waals surface area contributed by atoms with Crippen LogP contribution in [0, 0.1) is 23.2 Å². The quantitative estimate of drug-likeness (QED) is 0.814. The SMILES string of the molecule is C[C@H](NC(=O)[C@H](C)N1C(=O)c2ccccc2C1=O)C12CC3CC(CC(C3)C1)C2. The van der Waals surface area contributed by atoms with Crippen molar-refractivity contribution in [1.82, 2.24) is 10.2 Å². The lowest BCUT2D eigenvalue weighted by atomic mass is 9.48. The molecule has 5 nitrogen and oxygen atoms in total. The summed E-state index contributed by atoms with van der Waals surface area (Å²) >= 11 is 0. The molecule has 0 radical (unpaired) electrons. The summed E-state index contributed by atoms with van der Waals surface area (Å²) in [5, 5.41) is 3.20. The fourth-order valence-electron chi connectivity index (χ4n) is 6.87. The summed E-state index contributed by atoms with van der Waals surface area (Å²) in [7, 11) is 0. The zero-order valence-electron chi connectivity index (χ0n) is 16.6. The van der Waals surface area contributed by atoms with Crippen LogP contribution in [0.2, 0.25) is 0 Å². The Morgan fingerprint density at radius 3 is 1.89 bits per heavy atom. The van der Waals surface area contributed by atoms with Crippen LogP contribution in [0.3, 0.4) is 0 Å². The molecule has 2 atom stereocenters. The molecular weight excluding hydrogens is 352 g/mol. The number of carbonyl (C=O) groups excluding carboxylic acids is 3. The van der Waals surface area contributed by atoms with Crippen LogP contribution in [0.15, 0.2) is 24.3 Å². The average Bonchev–Trinajstić information content (AvgIpc) is 2.91. The molecule has 4 saturated carbocycles. The molecule has 0 aromatic heterocycles. The van der Waals surface area contributed by atoms with Crippen molar-refractivity contribution in [3.05, 3.63) is 35.4 Å². The molecule has 6 rings (SSSR count). The van der Waals surface area contributed by atoms with Crippen molar-refractivity contribution >= 4 is 17.7 Å². The van der Waals surface area contributed by atoms with Crippen LogP contribution in [0.5, 0.6) is 0 Å². The molecule has 5 heteroatoms. The number of amides is 3. The number of imide groups is 1. The molecule has 4 aliphatic carbocycles. The summed E-state index contributed by atoms with van der Waals surface area (Å²) in [5.41, 5.74) is 0.981. The van der Waals surface area contributed by atoms with Gasteiger partial charge in [-0.15, -0.1) is 0 Å². The van der Waals surface area contributed by atoms with Crippen LogP contribution in [0.1, 0.15) is 73.1 Å². The van der Waals surface area contributed by atoms with Gasteiger partial charge in [-0.3, -0.25) is 19.3 Å². The first-order valence-corrected chi connectivity index (χ1v) is 10.7. The van der Waals surface area contributed by atoms with E-state index in [2.05, 4.69) is 12.2 Å². The third-order valence-corrected chi connectivity index (χ3v) is 7.96. The van der Waals surface area contributed by atoms with E-state index in [0.717, 1.165) is 22.7 Å². The number of hydrogen-bond donors (Lipinski definition) is 1. The molecule has 5 aliphatic rings. The molecule has 0 spiro atoms. The lowest BCUT2D eigenvalue weighted by Gasteiger charge is -2.59. The fourth-order valence-corrected chi connectivity index (χ4v) is 6.87. The lowest BCUT2D eigenvalue weighted by molar-refractivity contribution is -0.129. The van der Waals surface area contributed by atoms with Crippen LogP contribution < -0.4 is 5.32 Å². The van der Waals surface area contributed by atoms with Crippen molar-refractivity contribution in [2.45, 2.75) is 64.5 Å². The number of benzene rings is 1. The Labute approximate surface area is 165 Å². The van der Waals surface area contributed by atoms with Gasteiger partial charge >= 0.3 is 0 Å². The maximum Gasteiger partial charge on any atom is 0.262 e. The number of hydrogen-bond acceptors (Lipinski definition) is 3. The highest BCUT2D eigenvalue weighted by molar-refractivity contribution is 6.22. The van der Waals surface area contributed by atoms with E-state index in [0.29, 0.717) is 11.1 Å². The van der Waals surface area contributed by atoms with Gasteiger partial charge in [0.2, 0.25) is 5.91 Å². The Kier molecular flexibility index (Phi) is 3.94. The highest BCUT2D eigenvalue weighted by Gasteiger charge is 2.53. The van der Waals surface area contributed by atoms with Crippen molar-refractivity contribution in [1.29, 1.82) is 0 Å². The highest BCUT2D eigenvalue weighted by Crippen LogP contribution is 2.61. The Bertz CT molecular complexity index is 791. The zero-order valence-corrected chi connectivity index (χ0v) is 16.6. The van der Waals surface area contributed by atoms with Gasteiger partial charge in [0.15, 0.2) is 0 Å². The molecule has 4 bridgehead atoms. The Balaban J connectivity index is 1.31. The average molecular weight is 380 g/mol. The summed E-state index contributed by atoms with van der Waals surface area (Å²) in [6, 6.07) is 6.06. The minimum Gasteiger partial charge on any atom is -0.351 e. The number of nitrogens with one attached hydrogen (secondary N) is 1. The van der Waals surface area contributed by atoms with Crippen LogP contribution >= 0.6 is 0 Å². The highest BCUT2D eigenvalue weighted by atomic mass is 16.2. The van der Waals surface area contributed by atoms with Gasteiger partial charge in [0.25, 0.3) is 11.8 Å². The van der Waals surface area contributed by atoms with E-state index in [1.165, 1.54) is 38.5 Å². The number of fused-ring (bicyclic) bond motifs is 1. The van der Waals surface area contributed by atoms with Gasteiger partial charge in [-0.25, -0.2) is 0 Å². The van der Waals surface area contributed by atoms with Gasteiger partial charge < -0.3 is 5.32 Å². The minimum atomic E-state index is -0.802. The molecular formula is C23H28N2O3. The second kappa shape index (κ2) is 6.16. The molecule has 1 aromatic carbocycles. The molecule has 1 aromatic rings. The van der Waals surface area contributed by atoms with Gasteiger partial charge in [0.1, 0.15) is 6.04 Å². The van der Waals surface area contributed by atoms with E-state index in [1.807, 2.05) is 0 Å². The van der Waals surface area contributed by atoms with E-state index in [4.69, 9.17) is 0 Å². The lowest BCUT2D eigenvalue weighted by Crippen LogP contribution is -2.58. The smallest absolute Gasteiger partial charge is 0.262 e. The first-order chi connectivity index (χ1) is 13.4. The van der Waals surface area contributed by atoms with E-state index < -0.39 is 6.04 Å². The third-order valence-electron chi connectivity index (χ3n) is 7.96. The summed E-state index contributed by atoms with van der Waals surface area (Å²) in [4.78, 5) is 39.5. The van der Waals surface area contributed by atoms with E-state index in [-0.39, 0.29) is 29.2 Å². The van der Waals surface area contributed by atoms with Crippen molar-refractivity contribution in [3.63, 3.8) is 0 Å². The Morgan fingerprint density at radius 2 is 1.43 bits per heavy atom. The number of carbonyl (C=O) groups is 3. The molecule has 1 heterocycles. The molecule has 1 aliphatic heterocycles. The number of rotatable bonds is 4. The van der Waals surface area contributed by atoms with Gasteiger partial charge in [-0.2, -0.15) is 0 Å². The van der Waals surface area contributed by atoms with Crippen molar-refractivity contribution in [3.8, 4) is 0 Å². The first kappa shape index (κ1) is 17.9. The van der Waals surface area contributed by atoms with Gasteiger partial charge in [0, 0.05) is 6.04 Å². The monoisotopic (exact) mass is 380 g/mol. The van der Waals surface area contributed by atoms with E-state index in [1.54, 1.807) is 31.2 Å². The fraction of sp³-hybridized carbons (Fsp3) is 0.609.